The molecule has 0 aliphatic carbocycles. The molecule has 0 bridgehead atoms. The topological polar surface area (TPSA) is 89.9 Å². The maximum atomic E-state index is 9.55. The average Bonchev–Trinajstić information content (AvgIpc) is 3.12. The van der Waals surface area contributed by atoms with Crippen LogP contribution in [-0.2, 0) is 16.1 Å². The van der Waals surface area contributed by atoms with Crippen LogP contribution in [0.15, 0.2) is 41.3 Å². The number of nitrogens with one attached hydrogen (secondary N) is 1. The molecule has 7 heteroatoms. The van der Waals surface area contributed by atoms with E-state index in [4.69, 9.17) is 10.2 Å². The lowest BCUT2D eigenvalue weighted by atomic mass is 10.1. The van der Waals surface area contributed by atoms with Crippen LogP contribution in [-0.4, -0.2) is 58.5 Å². The molecule has 0 spiro atoms. The Morgan fingerprint density at radius 3 is 2.35 bits per heavy atom. The van der Waals surface area contributed by atoms with E-state index in [0.29, 0.717) is 24.2 Å². The molecule has 144 valence electrons. The van der Waals surface area contributed by atoms with Crippen LogP contribution in [0, 0.1) is 0 Å². The molecular formula is C19H28N2O4S. The molecule has 1 saturated heterocycles. The molecule has 3 N–H and O–H groups in total. The van der Waals surface area contributed by atoms with Crippen molar-refractivity contribution < 1.29 is 19.8 Å². The molecular weight excluding hydrogens is 352 g/mol. The summed E-state index contributed by atoms with van der Waals surface area (Å²) in [6.07, 6.45) is 4.56. The van der Waals surface area contributed by atoms with Crippen LogP contribution in [0.4, 0.5) is 0 Å². The summed E-state index contributed by atoms with van der Waals surface area (Å²) in [6, 6.07) is 10.1. The maximum Gasteiger partial charge on any atom is 0.328 e. The smallest absolute Gasteiger partial charge is 0.328 e. The van der Waals surface area contributed by atoms with Gasteiger partial charge >= 0.3 is 11.9 Å². The lowest BCUT2D eigenvalue weighted by Gasteiger charge is -2.32. The van der Waals surface area contributed by atoms with E-state index in [1.54, 1.807) is 0 Å². The zero-order valence-electron chi connectivity index (χ0n) is 15.5. The van der Waals surface area contributed by atoms with E-state index in [-0.39, 0.29) is 0 Å². The molecule has 0 saturated carbocycles. The number of carboxylic acids is 2. The second kappa shape index (κ2) is 11.7. The third-order valence-electron chi connectivity index (χ3n) is 4.08. The van der Waals surface area contributed by atoms with Gasteiger partial charge in [-0.2, -0.15) is 0 Å². The normalized spacial score (nSPS) is 16.7. The summed E-state index contributed by atoms with van der Waals surface area (Å²) in [5.74, 6) is -2.51. The first-order valence-electron chi connectivity index (χ1n) is 8.57. The third kappa shape index (κ3) is 8.03. The Morgan fingerprint density at radius 1 is 1.27 bits per heavy atom. The maximum absolute atomic E-state index is 9.55. The van der Waals surface area contributed by atoms with E-state index >= 15 is 0 Å². The van der Waals surface area contributed by atoms with Gasteiger partial charge in [0.05, 0.1) is 0 Å². The fraction of sp³-hybridized carbons (Fsp3) is 0.474. The number of thioether (sulfide) groups is 1. The summed E-state index contributed by atoms with van der Waals surface area (Å²) in [7, 11) is 0. The molecule has 1 aliphatic rings. The van der Waals surface area contributed by atoms with Gasteiger partial charge in [0.15, 0.2) is 0 Å². The lowest BCUT2D eigenvalue weighted by Crippen LogP contribution is -2.41. The van der Waals surface area contributed by atoms with E-state index in [0.717, 1.165) is 19.6 Å². The van der Waals surface area contributed by atoms with Crippen molar-refractivity contribution in [2.45, 2.75) is 43.8 Å². The van der Waals surface area contributed by atoms with E-state index in [2.05, 4.69) is 54.6 Å². The van der Waals surface area contributed by atoms with Gasteiger partial charge in [0, 0.05) is 42.2 Å². The number of nitrogens with zero attached hydrogens (tertiary/aromatic N) is 1. The third-order valence-corrected chi connectivity index (χ3v) is 4.92. The monoisotopic (exact) mass is 380 g/mol. The molecule has 0 amide bonds. The molecule has 1 fully saturated rings. The van der Waals surface area contributed by atoms with Gasteiger partial charge in [0.1, 0.15) is 0 Å². The Morgan fingerprint density at radius 2 is 1.88 bits per heavy atom. The second-order valence-electron chi connectivity index (χ2n) is 6.23. The Labute approximate surface area is 159 Å². The number of hydrogen-bond acceptors (Lipinski definition) is 5. The number of aliphatic carboxylic acids is 2. The standard InChI is InChI=1S/C15H24N2S.C4H4O4/c1-12(2)17(14-8-9-16-10-14)11-13-6-4-5-7-15(13)18-3;5-3(6)1-2-4(7)8/h4-7,12,14,16H,8-11H2,1-3H3;1-2H,(H,5,6)(H,7,8)/t14-;/m0./s1. The Kier molecular flexibility index (Phi) is 10.0. The van der Waals surface area contributed by atoms with Gasteiger partial charge in [0.2, 0.25) is 0 Å². The van der Waals surface area contributed by atoms with Crippen molar-refractivity contribution in [2.24, 2.45) is 0 Å². The number of carbonyl (C=O) groups is 2. The zero-order chi connectivity index (χ0) is 19.5. The van der Waals surface area contributed by atoms with Crippen molar-refractivity contribution in [1.82, 2.24) is 10.2 Å². The van der Waals surface area contributed by atoms with Crippen LogP contribution < -0.4 is 5.32 Å². The van der Waals surface area contributed by atoms with Crippen molar-refractivity contribution in [1.29, 1.82) is 0 Å². The van der Waals surface area contributed by atoms with Gasteiger partial charge in [0.25, 0.3) is 0 Å². The molecule has 0 aromatic heterocycles. The van der Waals surface area contributed by atoms with Crippen LogP contribution in [0.5, 0.6) is 0 Å². The van der Waals surface area contributed by atoms with E-state index in [1.807, 2.05) is 11.8 Å². The molecule has 1 heterocycles. The molecule has 1 aliphatic heterocycles. The highest BCUT2D eigenvalue weighted by Crippen LogP contribution is 2.24. The number of benzene rings is 1. The second-order valence-corrected chi connectivity index (χ2v) is 7.08. The largest absolute Gasteiger partial charge is 0.478 e. The predicted molar refractivity (Wildman–Crippen MR) is 105 cm³/mol. The minimum atomic E-state index is -1.26. The fourth-order valence-corrected chi connectivity index (χ4v) is 3.44. The molecule has 26 heavy (non-hydrogen) atoms. The Hall–Kier alpha value is -1.83. The summed E-state index contributed by atoms with van der Waals surface area (Å²) in [5.41, 5.74) is 1.46. The predicted octanol–water partition coefficient (Wildman–Crippen LogP) is 2.69. The molecule has 2 rings (SSSR count). The van der Waals surface area contributed by atoms with Gasteiger partial charge < -0.3 is 15.5 Å². The lowest BCUT2D eigenvalue weighted by molar-refractivity contribution is -0.134. The van der Waals surface area contributed by atoms with Crippen LogP contribution >= 0.6 is 11.8 Å². The van der Waals surface area contributed by atoms with Gasteiger partial charge in [-0.05, 0) is 44.7 Å². The summed E-state index contributed by atoms with van der Waals surface area (Å²) in [4.78, 5) is 23.2. The van der Waals surface area contributed by atoms with Gasteiger partial charge in [-0.15, -0.1) is 11.8 Å². The highest BCUT2D eigenvalue weighted by atomic mass is 32.2. The molecule has 0 unspecified atom stereocenters. The summed E-state index contributed by atoms with van der Waals surface area (Å²) >= 11 is 1.85. The van der Waals surface area contributed by atoms with Crippen molar-refractivity contribution in [2.75, 3.05) is 19.3 Å². The minimum Gasteiger partial charge on any atom is -0.478 e. The van der Waals surface area contributed by atoms with Crippen LogP contribution in [0.1, 0.15) is 25.8 Å². The molecule has 6 nitrogen and oxygen atoms in total. The van der Waals surface area contributed by atoms with Crippen molar-refractivity contribution >= 4 is 23.7 Å². The van der Waals surface area contributed by atoms with Crippen LogP contribution in [0.2, 0.25) is 0 Å². The molecule has 1 atom stereocenters. The van der Waals surface area contributed by atoms with E-state index in [9.17, 15) is 9.59 Å². The Bertz CT molecular complexity index is 597. The first-order valence-corrected chi connectivity index (χ1v) is 9.80. The highest BCUT2D eigenvalue weighted by Gasteiger charge is 2.24. The highest BCUT2D eigenvalue weighted by molar-refractivity contribution is 7.98. The van der Waals surface area contributed by atoms with Gasteiger partial charge in [-0.1, -0.05) is 18.2 Å². The summed E-state index contributed by atoms with van der Waals surface area (Å²) < 4.78 is 0. The van der Waals surface area contributed by atoms with Crippen molar-refractivity contribution in [3.63, 3.8) is 0 Å². The number of hydrogen-bond donors (Lipinski definition) is 3. The first-order chi connectivity index (χ1) is 12.3. The summed E-state index contributed by atoms with van der Waals surface area (Å²) in [6.45, 7) is 7.98. The molecule has 0 radical (unpaired) electrons. The van der Waals surface area contributed by atoms with E-state index in [1.165, 1.54) is 16.9 Å². The minimum absolute atomic E-state index is 0.558. The van der Waals surface area contributed by atoms with Crippen molar-refractivity contribution in [3.05, 3.63) is 42.0 Å². The fourth-order valence-electron chi connectivity index (χ4n) is 2.83. The van der Waals surface area contributed by atoms with Crippen molar-refractivity contribution in [3.8, 4) is 0 Å². The Balaban J connectivity index is 0.000000359. The number of carboxylic acid groups (broad SMARTS) is 2. The van der Waals surface area contributed by atoms with Gasteiger partial charge in [-0.25, -0.2) is 9.59 Å². The molecule has 1 aromatic rings. The van der Waals surface area contributed by atoms with Gasteiger partial charge in [-0.3, -0.25) is 4.90 Å². The van der Waals surface area contributed by atoms with E-state index < -0.39 is 11.9 Å². The zero-order valence-corrected chi connectivity index (χ0v) is 16.3. The quantitative estimate of drug-likeness (QED) is 0.495. The summed E-state index contributed by atoms with van der Waals surface area (Å²) in [5, 5.41) is 19.1. The first kappa shape index (κ1) is 22.2. The number of rotatable bonds is 7. The average molecular weight is 381 g/mol. The molecule has 1 aromatic carbocycles. The SMILES string of the molecule is CSc1ccccc1CN(C(C)C)[C@H]1CCNC1.O=C(O)C=CC(=O)O. The van der Waals surface area contributed by atoms with Crippen LogP contribution in [0.25, 0.3) is 0 Å². The van der Waals surface area contributed by atoms with Crippen LogP contribution in [0.3, 0.4) is 0 Å².